The summed E-state index contributed by atoms with van der Waals surface area (Å²) in [7, 11) is 4.21. The van der Waals surface area contributed by atoms with Gasteiger partial charge in [0.25, 0.3) is 0 Å². The average Bonchev–Trinajstić information content (AvgIpc) is 2.26. The zero-order valence-corrected chi connectivity index (χ0v) is 11.2. The number of nitrogens with zero attached hydrogens (tertiary/aromatic N) is 2. The molecular formula is C13H26N2O. The molecule has 1 aliphatic heterocycles. The summed E-state index contributed by atoms with van der Waals surface area (Å²) in [4.78, 5) is 16.3. The van der Waals surface area contributed by atoms with E-state index in [1.54, 1.807) is 0 Å². The first-order valence-corrected chi connectivity index (χ1v) is 6.45. The highest BCUT2D eigenvalue weighted by Gasteiger charge is 2.24. The van der Waals surface area contributed by atoms with Crippen LogP contribution in [0.3, 0.4) is 0 Å². The Hall–Kier alpha value is -0.570. The van der Waals surface area contributed by atoms with Gasteiger partial charge in [-0.1, -0.05) is 13.8 Å². The van der Waals surface area contributed by atoms with E-state index in [1.165, 1.54) is 6.42 Å². The van der Waals surface area contributed by atoms with E-state index in [9.17, 15) is 4.79 Å². The Kier molecular flexibility index (Phi) is 5.26. The van der Waals surface area contributed by atoms with Crippen molar-refractivity contribution in [3.8, 4) is 0 Å². The predicted molar refractivity (Wildman–Crippen MR) is 67.4 cm³/mol. The van der Waals surface area contributed by atoms with Crippen LogP contribution in [0.25, 0.3) is 0 Å². The van der Waals surface area contributed by atoms with Gasteiger partial charge in [0.15, 0.2) is 0 Å². The first-order chi connectivity index (χ1) is 7.50. The molecule has 0 N–H and O–H groups in total. The van der Waals surface area contributed by atoms with E-state index in [1.807, 2.05) is 0 Å². The van der Waals surface area contributed by atoms with Crippen LogP contribution in [0.2, 0.25) is 0 Å². The number of carbonyl (C=O) groups is 1. The summed E-state index contributed by atoms with van der Waals surface area (Å²) in [6.45, 7) is 6.23. The Labute approximate surface area is 99.8 Å². The highest BCUT2D eigenvalue weighted by molar-refractivity contribution is 5.76. The molecule has 1 rings (SSSR count). The van der Waals surface area contributed by atoms with Gasteiger partial charge in [0.05, 0.1) is 0 Å². The normalized spacial score (nSPS) is 21.9. The van der Waals surface area contributed by atoms with Gasteiger partial charge in [-0.3, -0.25) is 4.79 Å². The molecule has 0 aliphatic carbocycles. The number of carbonyl (C=O) groups excluding carboxylic acids is 1. The van der Waals surface area contributed by atoms with Crippen molar-refractivity contribution >= 4 is 5.91 Å². The number of likely N-dealkylation sites (tertiary alicyclic amines) is 1. The minimum Gasteiger partial charge on any atom is -0.341 e. The third kappa shape index (κ3) is 4.12. The molecule has 0 aromatic heterocycles. The van der Waals surface area contributed by atoms with Crippen LogP contribution in [-0.2, 0) is 4.79 Å². The number of rotatable bonds is 4. The van der Waals surface area contributed by atoms with Crippen LogP contribution in [0.5, 0.6) is 0 Å². The van der Waals surface area contributed by atoms with Crippen LogP contribution in [0.15, 0.2) is 0 Å². The zero-order chi connectivity index (χ0) is 12.1. The largest absolute Gasteiger partial charge is 0.341 e. The smallest absolute Gasteiger partial charge is 0.222 e. The Balaban J connectivity index is 2.38. The van der Waals surface area contributed by atoms with E-state index in [-0.39, 0.29) is 0 Å². The average molecular weight is 226 g/mol. The van der Waals surface area contributed by atoms with Crippen LogP contribution >= 0.6 is 0 Å². The number of amides is 1. The molecule has 1 heterocycles. The molecule has 1 amide bonds. The fourth-order valence-corrected chi connectivity index (χ4v) is 2.17. The van der Waals surface area contributed by atoms with Crippen molar-refractivity contribution in [2.75, 3.05) is 27.2 Å². The summed E-state index contributed by atoms with van der Waals surface area (Å²) in [5.41, 5.74) is 0. The molecular weight excluding hydrogens is 200 g/mol. The lowest BCUT2D eigenvalue weighted by atomic mass is 10.0. The van der Waals surface area contributed by atoms with Crippen LogP contribution in [0, 0.1) is 5.92 Å². The second kappa shape index (κ2) is 6.24. The minimum atomic E-state index is 0.347. The van der Waals surface area contributed by atoms with Crippen LogP contribution in [0.4, 0.5) is 0 Å². The second-order valence-corrected chi connectivity index (χ2v) is 5.53. The van der Waals surface area contributed by atoms with Crippen molar-refractivity contribution in [3.05, 3.63) is 0 Å². The van der Waals surface area contributed by atoms with Crippen LogP contribution in [0.1, 0.15) is 39.5 Å². The van der Waals surface area contributed by atoms with Crippen molar-refractivity contribution in [1.82, 2.24) is 9.80 Å². The Morgan fingerprint density at radius 1 is 1.44 bits per heavy atom. The van der Waals surface area contributed by atoms with Gasteiger partial charge in [-0.25, -0.2) is 0 Å². The molecule has 3 nitrogen and oxygen atoms in total. The molecule has 0 saturated carbocycles. The summed E-state index contributed by atoms with van der Waals surface area (Å²) < 4.78 is 0. The lowest BCUT2D eigenvalue weighted by Crippen LogP contribution is -2.47. The van der Waals surface area contributed by atoms with Gasteiger partial charge in [-0.05, 0) is 39.3 Å². The summed E-state index contributed by atoms with van der Waals surface area (Å²) >= 11 is 0. The monoisotopic (exact) mass is 226 g/mol. The van der Waals surface area contributed by atoms with Gasteiger partial charge in [-0.15, -0.1) is 0 Å². The maximum Gasteiger partial charge on any atom is 0.222 e. The van der Waals surface area contributed by atoms with E-state index in [2.05, 4.69) is 37.7 Å². The van der Waals surface area contributed by atoms with E-state index >= 15 is 0 Å². The fourth-order valence-electron chi connectivity index (χ4n) is 2.17. The van der Waals surface area contributed by atoms with Gasteiger partial charge >= 0.3 is 0 Å². The van der Waals surface area contributed by atoms with Crippen molar-refractivity contribution in [1.29, 1.82) is 0 Å². The first-order valence-electron chi connectivity index (χ1n) is 6.45. The van der Waals surface area contributed by atoms with Gasteiger partial charge in [0, 0.05) is 25.6 Å². The van der Waals surface area contributed by atoms with E-state index in [0.717, 1.165) is 32.4 Å². The van der Waals surface area contributed by atoms with E-state index < -0.39 is 0 Å². The number of hydrogen-bond acceptors (Lipinski definition) is 2. The van der Waals surface area contributed by atoms with Crippen LogP contribution < -0.4 is 0 Å². The molecule has 1 saturated heterocycles. The highest BCUT2D eigenvalue weighted by Crippen LogP contribution is 2.16. The highest BCUT2D eigenvalue weighted by atomic mass is 16.2. The predicted octanol–water partition coefficient (Wildman–Crippen LogP) is 1.98. The molecule has 16 heavy (non-hydrogen) atoms. The molecule has 94 valence electrons. The molecule has 1 aliphatic rings. The Morgan fingerprint density at radius 2 is 2.12 bits per heavy atom. The molecule has 1 atom stereocenters. The molecule has 0 aromatic rings. The third-order valence-corrected chi connectivity index (χ3v) is 3.42. The summed E-state index contributed by atoms with van der Waals surface area (Å²) in [6.07, 6.45) is 4.11. The quantitative estimate of drug-likeness (QED) is 0.732. The molecule has 0 radical (unpaired) electrons. The molecule has 3 heteroatoms. The standard InChI is InChI=1S/C13H26N2O/c1-11(2)7-8-13(16)15-9-5-6-12(10-15)14(3)4/h11-12H,5-10H2,1-4H3/t12-/m0/s1. The third-order valence-electron chi connectivity index (χ3n) is 3.42. The summed E-state index contributed by atoms with van der Waals surface area (Å²) in [5.74, 6) is 0.971. The van der Waals surface area contributed by atoms with Crippen molar-refractivity contribution in [3.63, 3.8) is 0 Å². The molecule has 0 aromatic carbocycles. The maximum absolute atomic E-state index is 12.0. The number of likely N-dealkylation sites (N-methyl/N-ethyl adjacent to an activating group) is 1. The second-order valence-electron chi connectivity index (χ2n) is 5.53. The Bertz CT molecular complexity index is 226. The van der Waals surface area contributed by atoms with Crippen LogP contribution in [-0.4, -0.2) is 48.9 Å². The zero-order valence-electron chi connectivity index (χ0n) is 11.2. The lowest BCUT2D eigenvalue weighted by molar-refractivity contribution is -0.133. The van der Waals surface area contributed by atoms with Gasteiger partial charge in [0.2, 0.25) is 5.91 Å². The first kappa shape index (κ1) is 13.5. The number of hydrogen-bond donors (Lipinski definition) is 0. The summed E-state index contributed by atoms with van der Waals surface area (Å²) in [5, 5.41) is 0. The van der Waals surface area contributed by atoms with Gasteiger partial charge < -0.3 is 9.80 Å². The molecule has 0 spiro atoms. The lowest BCUT2D eigenvalue weighted by Gasteiger charge is -2.36. The van der Waals surface area contributed by atoms with Gasteiger partial charge in [-0.2, -0.15) is 0 Å². The number of piperidine rings is 1. The molecule has 0 bridgehead atoms. The topological polar surface area (TPSA) is 23.6 Å². The van der Waals surface area contributed by atoms with Gasteiger partial charge in [0.1, 0.15) is 0 Å². The van der Waals surface area contributed by atoms with E-state index in [0.29, 0.717) is 17.9 Å². The maximum atomic E-state index is 12.0. The minimum absolute atomic E-state index is 0.347. The SMILES string of the molecule is CC(C)CCC(=O)N1CCC[C@H](N(C)C)C1. The molecule has 0 unspecified atom stereocenters. The molecule has 1 fully saturated rings. The van der Waals surface area contributed by atoms with Crippen molar-refractivity contribution in [2.45, 2.75) is 45.6 Å². The summed E-state index contributed by atoms with van der Waals surface area (Å²) in [6, 6.07) is 0.553. The van der Waals surface area contributed by atoms with Crippen molar-refractivity contribution < 1.29 is 4.79 Å². The van der Waals surface area contributed by atoms with E-state index in [4.69, 9.17) is 0 Å². The Morgan fingerprint density at radius 3 is 2.69 bits per heavy atom. The fraction of sp³-hybridized carbons (Fsp3) is 0.923. The van der Waals surface area contributed by atoms with Crippen molar-refractivity contribution in [2.24, 2.45) is 5.92 Å².